The molecule has 3 saturated heterocycles. The lowest BCUT2D eigenvalue weighted by Crippen LogP contribution is -2.55. The second kappa shape index (κ2) is 17.8. The number of carbonyl (C=O) groups is 4. The Kier molecular flexibility index (Phi) is 12.4. The predicted molar refractivity (Wildman–Crippen MR) is 201 cm³/mol. The van der Waals surface area contributed by atoms with E-state index in [-0.39, 0.29) is 37.0 Å². The summed E-state index contributed by atoms with van der Waals surface area (Å²) < 4.78 is 30.5. The lowest BCUT2D eigenvalue weighted by molar-refractivity contribution is -0.153. The van der Waals surface area contributed by atoms with Gasteiger partial charge < -0.3 is 33.2 Å². The van der Waals surface area contributed by atoms with E-state index >= 15 is 0 Å². The van der Waals surface area contributed by atoms with Crippen molar-refractivity contribution in [2.24, 2.45) is 12.5 Å². The number of hydrogen-bond acceptors (Lipinski definition) is 12. The van der Waals surface area contributed by atoms with Crippen LogP contribution in [0.5, 0.6) is 5.88 Å². The normalized spacial score (nSPS) is 18.9. The lowest BCUT2D eigenvalue weighted by Gasteiger charge is -2.38. The first-order valence-corrected chi connectivity index (χ1v) is 19.0. The summed E-state index contributed by atoms with van der Waals surface area (Å²) in [5.41, 5.74) is 3.64. The van der Waals surface area contributed by atoms with Crippen LogP contribution in [0.25, 0.3) is 32.9 Å². The van der Waals surface area contributed by atoms with Gasteiger partial charge in [0.2, 0.25) is 29.5 Å². The van der Waals surface area contributed by atoms with E-state index in [9.17, 15) is 19.2 Å². The molecule has 4 amide bonds. The number of hydrogen-bond donors (Lipinski definition) is 1. The molecule has 0 bridgehead atoms. The molecule has 1 aromatic carbocycles. The molecule has 55 heavy (non-hydrogen) atoms. The minimum atomic E-state index is -0.888. The molecule has 7 rings (SSSR count). The smallest absolute Gasteiger partial charge is 0.249 e. The predicted octanol–water partition coefficient (Wildman–Crippen LogP) is 2.88. The van der Waals surface area contributed by atoms with Crippen molar-refractivity contribution in [3.05, 3.63) is 55.0 Å². The average Bonchev–Trinajstić information content (AvgIpc) is 3.61. The number of pyridine rings is 2. The van der Waals surface area contributed by atoms with Gasteiger partial charge in [0.25, 0.3) is 0 Å². The highest BCUT2D eigenvalue weighted by molar-refractivity contribution is 6.11. The van der Waals surface area contributed by atoms with Gasteiger partial charge in [0.05, 0.1) is 63.8 Å². The molecule has 292 valence electrons. The van der Waals surface area contributed by atoms with Crippen LogP contribution in [-0.2, 0) is 45.2 Å². The maximum absolute atomic E-state index is 13.3. The number of aryl methyl sites for hydroxylation is 1. The van der Waals surface area contributed by atoms with E-state index in [0.717, 1.165) is 32.4 Å². The molecule has 15 nitrogen and oxygen atoms in total. The van der Waals surface area contributed by atoms with Crippen LogP contribution in [0.4, 0.5) is 0 Å². The number of rotatable bonds is 18. The van der Waals surface area contributed by atoms with Crippen LogP contribution in [0.1, 0.15) is 32.1 Å². The second-order valence-corrected chi connectivity index (χ2v) is 14.2. The first-order chi connectivity index (χ1) is 26.8. The van der Waals surface area contributed by atoms with Crippen molar-refractivity contribution < 1.29 is 42.9 Å². The Labute approximate surface area is 319 Å². The molecule has 3 fully saturated rings. The van der Waals surface area contributed by atoms with Crippen molar-refractivity contribution in [3.8, 4) is 17.0 Å². The summed E-state index contributed by atoms with van der Waals surface area (Å²) >= 11 is 0. The number of imide groups is 2. The third-order valence-electron chi connectivity index (χ3n) is 10.8. The highest BCUT2D eigenvalue weighted by atomic mass is 16.6. The number of fused-ring (bicyclic) bond motifs is 3. The van der Waals surface area contributed by atoms with Crippen molar-refractivity contribution in [1.82, 2.24) is 29.7 Å². The average molecular weight is 757 g/mol. The van der Waals surface area contributed by atoms with Gasteiger partial charge >= 0.3 is 0 Å². The van der Waals surface area contributed by atoms with Gasteiger partial charge in [-0.2, -0.15) is 0 Å². The Morgan fingerprint density at radius 1 is 0.782 bits per heavy atom. The van der Waals surface area contributed by atoms with Crippen LogP contribution < -0.4 is 10.1 Å². The first kappa shape index (κ1) is 38.5. The molecule has 1 N–H and O–H groups in total. The molecule has 1 unspecified atom stereocenters. The molecule has 4 aromatic rings. The van der Waals surface area contributed by atoms with Gasteiger partial charge in [-0.3, -0.25) is 34.4 Å². The third kappa shape index (κ3) is 8.86. The van der Waals surface area contributed by atoms with Gasteiger partial charge in [-0.05, 0) is 56.1 Å². The number of benzene rings is 1. The van der Waals surface area contributed by atoms with Gasteiger partial charge in [-0.15, -0.1) is 0 Å². The minimum Gasteiger partial charge on any atom is -0.475 e. The minimum absolute atomic E-state index is 0.121. The Morgan fingerprint density at radius 2 is 1.47 bits per heavy atom. The molecule has 3 aliphatic heterocycles. The van der Waals surface area contributed by atoms with Crippen LogP contribution in [0, 0.1) is 5.41 Å². The van der Waals surface area contributed by atoms with Crippen LogP contribution in [0.2, 0.25) is 0 Å². The SMILES string of the molecule is Cn1c2ccncc2c2ccc(-c3ccc(OCCOCCOCCOCCOCCN4CCC5(CC4)CC(=O)N(C4CCC(=O)NC4=O)C5=O)nc3)cc21. The maximum atomic E-state index is 13.3. The van der Waals surface area contributed by atoms with Gasteiger partial charge in [0, 0.05) is 72.9 Å². The van der Waals surface area contributed by atoms with E-state index in [1.807, 2.05) is 36.8 Å². The van der Waals surface area contributed by atoms with Crippen molar-refractivity contribution in [2.45, 2.75) is 38.1 Å². The summed E-state index contributed by atoms with van der Waals surface area (Å²) in [7, 11) is 2.07. The topological polar surface area (TPSA) is 164 Å². The number of ether oxygens (including phenoxy) is 5. The Bertz CT molecular complexity index is 1990. The van der Waals surface area contributed by atoms with Crippen LogP contribution >= 0.6 is 0 Å². The molecule has 0 saturated carbocycles. The number of nitrogens with one attached hydrogen (secondary N) is 1. The summed E-state index contributed by atoms with van der Waals surface area (Å²) in [6.45, 7) is 6.14. The zero-order valence-electron chi connectivity index (χ0n) is 31.2. The van der Waals surface area contributed by atoms with E-state index in [2.05, 4.69) is 50.0 Å². The molecule has 15 heteroatoms. The fourth-order valence-corrected chi connectivity index (χ4v) is 7.69. The fourth-order valence-electron chi connectivity index (χ4n) is 7.69. The molecular weight excluding hydrogens is 708 g/mol. The van der Waals surface area contributed by atoms with Crippen LogP contribution in [0.3, 0.4) is 0 Å². The van der Waals surface area contributed by atoms with Gasteiger partial charge in [0.1, 0.15) is 12.6 Å². The number of amides is 4. The van der Waals surface area contributed by atoms with Gasteiger partial charge in [-0.1, -0.05) is 12.1 Å². The van der Waals surface area contributed by atoms with Crippen molar-refractivity contribution in [1.29, 1.82) is 0 Å². The maximum Gasteiger partial charge on any atom is 0.249 e. The van der Waals surface area contributed by atoms with Gasteiger partial charge in [-0.25, -0.2) is 4.98 Å². The van der Waals surface area contributed by atoms with E-state index in [1.165, 1.54) is 5.39 Å². The molecule has 3 aliphatic rings. The highest BCUT2D eigenvalue weighted by Crippen LogP contribution is 2.43. The number of piperidine rings is 2. The highest BCUT2D eigenvalue weighted by Gasteiger charge is 2.55. The molecule has 0 radical (unpaired) electrons. The summed E-state index contributed by atoms with van der Waals surface area (Å²) in [5, 5.41) is 4.57. The van der Waals surface area contributed by atoms with Crippen molar-refractivity contribution in [3.63, 3.8) is 0 Å². The Hall–Kier alpha value is -4.80. The zero-order chi connectivity index (χ0) is 38.2. The van der Waals surface area contributed by atoms with Crippen molar-refractivity contribution >= 4 is 45.4 Å². The third-order valence-corrected chi connectivity index (χ3v) is 10.8. The van der Waals surface area contributed by atoms with Crippen molar-refractivity contribution in [2.75, 3.05) is 79.1 Å². The molecule has 3 aromatic heterocycles. The quantitative estimate of drug-likeness (QED) is 0.117. The molecular formula is C40H48N6O9. The zero-order valence-corrected chi connectivity index (χ0v) is 31.2. The Morgan fingerprint density at radius 3 is 2.16 bits per heavy atom. The monoisotopic (exact) mass is 756 g/mol. The summed E-state index contributed by atoms with van der Waals surface area (Å²) in [6.07, 6.45) is 7.09. The van der Waals surface area contributed by atoms with Gasteiger partial charge in [0.15, 0.2) is 0 Å². The first-order valence-electron chi connectivity index (χ1n) is 19.0. The molecule has 1 spiro atoms. The number of nitrogens with zero attached hydrogens (tertiary/aromatic N) is 5. The fraction of sp³-hybridized carbons (Fsp3) is 0.500. The number of likely N-dealkylation sites (tertiary alicyclic amines) is 2. The van der Waals surface area contributed by atoms with E-state index in [0.29, 0.717) is 97.8 Å². The number of carbonyl (C=O) groups excluding carboxylic acids is 4. The number of aromatic nitrogens is 3. The van der Waals surface area contributed by atoms with E-state index in [4.69, 9.17) is 23.7 Å². The molecule has 1 atom stereocenters. The lowest BCUT2D eigenvalue weighted by atomic mass is 9.77. The molecule has 0 aliphatic carbocycles. The standard InChI is InChI=1S/C40H48N6O9/c1-44-32-8-11-41-27-31(32)30-4-2-28(24-34(30)44)29-3-7-36(42-26-29)55-23-22-54-21-20-53-19-18-52-17-16-51-15-14-45-12-9-40(10-13-45)25-37(48)46(39(40)50)33-5-6-35(47)43-38(33)49/h2-4,7-8,11,24,26-27,33H,5-6,9-10,12-23,25H2,1H3,(H,43,47,49). The van der Waals surface area contributed by atoms with Crippen LogP contribution in [-0.4, -0.2) is 133 Å². The summed E-state index contributed by atoms with van der Waals surface area (Å²) in [6, 6.07) is 11.4. The van der Waals surface area contributed by atoms with E-state index in [1.54, 1.807) is 0 Å². The van der Waals surface area contributed by atoms with Crippen LogP contribution in [0.15, 0.2) is 55.0 Å². The summed E-state index contributed by atoms with van der Waals surface area (Å²) in [5.74, 6) is -0.984. The second-order valence-electron chi connectivity index (χ2n) is 14.2. The largest absolute Gasteiger partial charge is 0.475 e. The van der Waals surface area contributed by atoms with E-state index < -0.39 is 17.4 Å². The molecule has 6 heterocycles. The summed E-state index contributed by atoms with van der Waals surface area (Å²) in [4.78, 5) is 62.0. The Balaban J connectivity index is 0.679.